The molecule has 3 aliphatic heterocycles. The predicted octanol–water partition coefficient (Wildman–Crippen LogP) is 3.57. The zero-order chi connectivity index (χ0) is 21.4. The van der Waals surface area contributed by atoms with Crippen molar-refractivity contribution < 1.29 is 33.2 Å². The smallest absolute Gasteiger partial charge is 0.190 e. The summed E-state index contributed by atoms with van der Waals surface area (Å²) in [5, 5.41) is 0. The van der Waals surface area contributed by atoms with Crippen LogP contribution >= 0.6 is 0 Å². The van der Waals surface area contributed by atoms with Gasteiger partial charge < -0.3 is 33.2 Å². The number of methoxy groups -OCH3 is 1. The van der Waals surface area contributed by atoms with Crippen LogP contribution < -0.4 is 4.74 Å². The molecule has 7 heteroatoms. The fraction of sp³-hybridized carbons (Fsp3) is 0.500. The molecule has 3 saturated heterocycles. The first-order valence-electron chi connectivity index (χ1n) is 10.6. The van der Waals surface area contributed by atoms with Crippen molar-refractivity contribution in [2.75, 3.05) is 13.7 Å². The maximum absolute atomic E-state index is 6.38. The molecule has 0 radical (unpaired) electrons. The summed E-state index contributed by atoms with van der Waals surface area (Å²) in [6, 6.07) is 17.7. The van der Waals surface area contributed by atoms with Gasteiger partial charge in [0.25, 0.3) is 0 Å². The summed E-state index contributed by atoms with van der Waals surface area (Å²) in [7, 11) is 1.64. The average molecular weight is 428 g/mol. The van der Waals surface area contributed by atoms with Gasteiger partial charge in [-0.3, -0.25) is 0 Å². The number of rotatable bonds is 5. The quantitative estimate of drug-likeness (QED) is 0.721. The summed E-state index contributed by atoms with van der Waals surface area (Å²) in [5.74, 6) is 0.0250. The van der Waals surface area contributed by atoms with E-state index in [0.29, 0.717) is 13.2 Å². The Bertz CT molecular complexity index is 869. The Morgan fingerprint density at radius 3 is 2.45 bits per heavy atom. The maximum Gasteiger partial charge on any atom is 0.190 e. The van der Waals surface area contributed by atoms with Crippen molar-refractivity contribution in [2.45, 2.75) is 63.2 Å². The van der Waals surface area contributed by atoms with E-state index in [2.05, 4.69) is 0 Å². The summed E-state index contributed by atoms with van der Waals surface area (Å²) in [4.78, 5) is 0. The Hall–Kier alpha value is -2.00. The van der Waals surface area contributed by atoms with Crippen LogP contribution in [0.15, 0.2) is 54.6 Å². The molecule has 3 aliphatic rings. The van der Waals surface area contributed by atoms with Crippen LogP contribution in [0.2, 0.25) is 0 Å². The lowest BCUT2D eigenvalue weighted by atomic mass is 9.97. The van der Waals surface area contributed by atoms with Gasteiger partial charge in [-0.2, -0.15) is 0 Å². The largest absolute Gasteiger partial charge is 0.497 e. The molecule has 0 N–H and O–H groups in total. The fourth-order valence-electron chi connectivity index (χ4n) is 4.29. The molecule has 0 aliphatic carbocycles. The first-order valence-corrected chi connectivity index (χ1v) is 10.6. The molecule has 3 fully saturated rings. The summed E-state index contributed by atoms with van der Waals surface area (Å²) in [5.41, 5.74) is 1.99. The highest BCUT2D eigenvalue weighted by Gasteiger charge is 2.57. The van der Waals surface area contributed by atoms with Crippen LogP contribution in [-0.2, 0) is 35.0 Å². The molecule has 3 heterocycles. The molecule has 5 rings (SSSR count). The number of hydrogen-bond acceptors (Lipinski definition) is 7. The zero-order valence-corrected chi connectivity index (χ0v) is 17.9. The van der Waals surface area contributed by atoms with Gasteiger partial charge in [-0.1, -0.05) is 42.5 Å². The van der Waals surface area contributed by atoms with E-state index in [1.807, 2.05) is 68.4 Å². The van der Waals surface area contributed by atoms with Crippen molar-refractivity contribution in [1.82, 2.24) is 0 Å². The number of fused-ring (bicyclic) bond motifs is 2. The maximum atomic E-state index is 6.38. The highest BCUT2D eigenvalue weighted by molar-refractivity contribution is 5.28. The first-order chi connectivity index (χ1) is 15.0. The van der Waals surface area contributed by atoms with Gasteiger partial charge >= 0.3 is 0 Å². The van der Waals surface area contributed by atoms with E-state index in [0.717, 1.165) is 16.9 Å². The van der Waals surface area contributed by atoms with E-state index >= 15 is 0 Å². The van der Waals surface area contributed by atoms with Crippen molar-refractivity contribution in [2.24, 2.45) is 0 Å². The summed E-state index contributed by atoms with van der Waals surface area (Å²) in [6.45, 7) is 4.58. The molecule has 2 aromatic carbocycles. The molecule has 7 nitrogen and oxygen atoms in total. The van der Waals surface area contributed by atoms with Gasteiger partial charge in [-0.15, -0.1) is 0 Å². The lowest BCUT2D eigenvalue weighted by Crippen LogP contribution is -2.61. The normalized spacial score (nSPS) is 34.0. The SMILES string of the molecule is COc1ccc([C@@H]2OC[C@H]3O[C@@H]4OC(C)(C)O[C@@H]4[C@@H](OCc4ccccc4)[C@@H]3O2)cc1. The van der Waals surface area contributed by atoms with Crippen molar-refractivity contribution in [3.8, 4) is 5.75 Å². The van der Waals surface area contributed by atoms with Crippen LogP contribution in [-0.4, -0.2) is 50.2 Å². The second-order valence-corrected chi connectivity index (χ2v) is 8.44. The van der Waals surface area contributed by atoms with Gasteiger partial charge in [0, 0.05) is 5.56 Å². The molecule has 31 heavy (non-hydrogen) atoms. The summed E-state index contributed by atoms with van der Waals surface area (Å²) >= 11 is 0. The third-order valence-corrected chi connectivity index (χ3v) is 5.78. The van der Waals surface area contributed by atoms with Gasteiger partial charge in [-0.05, 0) is 31.5 Å². The van der Waals surface area contributed by atoms with E-state index in [9.17, 15) is 0 Å². The number of hydrogen-bond donors (Lipinski definition) is 0. The van der Waals surface area contributed by atoms with Crippen LogP contribution in [0.5, 0.6) is 5.75 Å². The van der Waals surface area contributed by atoms with Crippen molar-refractivity contribution >= 4 is 0 Å². The Kier molecular flexibility index (Phi) is 5.73. The minimum absolute atomic E-state index is 0.311. The molecular formula is C24H28O7. The zero-order valence-electron chi connectivity index (χ0n) is 17.9. The van der Waals surface area contributed by atoms with Crippen molar-refractivity contribution in [1.29, 1.82) is 0 Å². The Labute approximate surface area is 182 Å². The van der Waals surface area contributed by atoms with Crippen molar-refractivity contribution in [3.05, 3.63) is 65.7 Å². The van der Waals surface area contributed by atoms with Crippen molar-refractivity contribution in [3.63, 3.8) is 0 Å². The van der Waals surface area contributed by atoms with E-state index in [-0.39, 0.29) is 18.3 Å². The molecule has 0 aromatic heterocycles. The Morgan fingerprint density at radius 1 is 0.935 bits per heavy atom. The highest BCUT2D eigenvalue weighted by Crippen LogP contribution is 2.42. The predicted molar refractivity (Wildman–Crippen MR) is 110 cm³/mol. The van der Waals surface area contributed by atoms with Gasteiger partial charge in [0.2, 0.25) is 0 Å². The highest BCUT2D eigenvalue weighted by atomic mass is 16.8. The second kappa shape index (κ2) is 8.50. The van der Waals surface area contributed by atoms with Crippen LogP contribution in [0.1, 0.15) is 31.3 Å². The molecule has 0 saturated carbocycles. The third kappa shape index (κ3) is 4.35. The lowest BCUT2D eigenvalue weighted by Gasteiger charge is -2.46. The van der Waals surface area contributed by atoms with Gasteiger partial charge in [-0.25, -0.2) is 0 Å². The van der Waals surface area contributed by atoms with Crippen LogP contribution in [0.3, 0.4) is 0 Å². The molecular weight excluding hydrogens is 400 g/mol. The van der Waals surface area contributed by atoms with E-state index < -0.39 is 24.5 Å². The lowest BCUT2D eigenvalue weighted by molar-refractivity contribution is -0.344. The van der Waals surface area contributed by atoms with E-state index in [4.69, 9.17) is 33.2 Å². The molecule has 166 valence electrons. The molecule has 2 aromatic rings. The topological polar surface area (TPSA) is 64.6 Å². The monoisotopic (exact) mass is 428 g/mol. The van der Waals surface area contributed by atoms with Crippen LogP contribution in [0.4, 0.5) is 0 Å². The first kappa shape index (κ1) is 20.9. The van der Waals surface area contributed by atoms with Gasteiger partial charge in [0.15, 0.2) is 18.4 Å². The molecule has 0 spiro atoms. The standard InChI is InChI=1S/C24H28O7/c1-24(2)30-21-20(26-13-15-7-5-4-6-8-15)19-18(28-23(21)31-24)14-27-22(29-19)16-9-11-17(25-3)12-10-16/h4-12,18-23H,13-14H2,1-3H3/t18-,19-,20+,21-,22-,23-/m1/s1. The summed E-state index contributed by atoms with van der Waals surface area (Å²) in [6.07, 6.45) is -2.48. The van der Waals surface area contributed by atoms with Gasteiger partial charge in [0.05, 0.1) is 20.3 Å². The van der Waals surface area contributed by atoms with E-state index in [1.54, 1.807) is 7.11 Å². The number of ether oxygens (including phenoxy) is 7. The molecule has 0 bridgehead atoms. The average Bonchev–Trinajstić information content (AvgIpc) is 3.10. The van der Waals surface area contributed by atoms with E-state index in [1.165, 1.54) is 0 Å². The molecule has 6 atom stereocenters. The van der Waals surface area contributed by atoms with Crippen LogP contribution in [0, 0.1) is 0 Å². The minimum Gasteiger partial charge on any atom is -0.497 e. The third-order valence-electron chi connectivity index (χ3n) is 5.78. The fourth-order valence-corrected chi connectivity index (χ4v) is 4.29. The molecule has 0 amide bonds. The Balaban J connectivity index is 1.37. The molecule has 0 unspecified atom stereocenters. The second-order valence-electron chi connectivity index (χ2n) is 8.44. The van der Waals surface area contributed by atoms with Gasteiger partial charge in [0.1, 0.15) is 30.2 Å². The van der Waals surface area contributed by atoms with Crippen LogP contribution in [0.25, 0.3) is 0 Å². The number of benzene rings is 2. The Morgan fingerprint density at radius 2 is 1.71 bits per heavy atom. The minimum atomic E-state index is -0.757. The summed E-state index contributed by atoms with van der Waals surface area (Å²) < 4.78 is 42.3.